The van der Waals surface area contributed by atoms with Crippen LogP contribution in [-0.4, -0.2) is 14.8 Å². The van der Waals surface area contributed by atoms with Gasteiger partial charge in [0.15, 0.2) is 17.5 Å². The molecule has 0 atom stereocenters. The number of benzene rings is 2. The third kappa shape index (κ3) is 2.69. The monoisotopic (exact) mass is 339 g/mol. The summed E-state index contributed by atoms with van der Waals surface area (Å²) in [7, 11) is 0. The van der Waals surface area contributed by atoms with Crippen LogP contribution in [0, 0.1) is 11.6 Å². The Morgan fingerprint density at radius 1 is 1.05 bits per heavy atom. The molecule has 0 amide bonds. The zero-order valence-corrected chi connectivity index (χ0v) is 12.6. The summed E-state index contributed by atoms with van der Waals surface area (Å²) in [6, 6.07) is 9.13. The predicted octanol–water partition coefficient (Wildman–Crippen LogP) is 4.58. The lowest BCUT2D eigenvalue weighted by Crippen LogP contribution is -2.04. The summed E-state index contributed by atoms with van der Waals surface area (Å²) < 4.78 is 28.7. The van der Waals surface area contributed by atoms with Gasteiger partial charge in [-0.25, -0.2) is 8.78 Å². The van der Waals surface area contributed by atoms with Crippen LogP contribution in [-0.2, 0) is 6.54 Å². The van der Waals surface area contributed by atoms with E-state index in [9.17, 15) is 8.78 Å². The fourth-order valence-electron chi connectivity index (χ4n) is 2.11. The topological polar surface area (TPSA) is 30.7 Å². The molecule has 0 fully saturated rings. The van der Waals surface area contributed by atoms with Crippen molar-refractivity contribution in [2.45, 2.75) is 6.54 Å². The summed E-state index contributed by atoms with van der Waals surface area (Å²) in [6.45, 7) is 0.0781. The highest BCUT2D eigenvalue weighted by Crippen LogP contribution is 2.32. The summed E-state index contributed by atoms with van der Waals surface area (Å²) >= 11 is 12.2. The molecule has 3 aromatic rings. The van der Waals surface area contributed by atoms with Gasteiger partial charge < -0.3 is 4.57 Å². The molecule has 0 aliphatic rings. The summed E-state index contributed by atoms with van der Waals surface area (Å²) in [5.41, 5.74) is 0.766. The molecule has 112 valence electrons. The Bertz CT molecular complexity index is 833. The average Bonchev–Trinajstić information content (AvgIpc) is 2.95. The van der Waals surface area contributed by atoms with Gasteiger partial charge in [-0.1, -0.05) is 41.4 Å². The van der Waals surface area contributed by atoms with Gasteiger partial charge in [-0.2, -0.15) is 0 Å². The average molecular weight is 340 g/mol. The summed E-state index contributed by atoms with van der Waals surface area (Å²) in [4.78, 5) is 0. The summed E-state index contributed by atoms with van der Waals surface area (Å²) in [6.07, 6.45) is 1.43. The summed E-state index contributed by atoms with van der Waals surface area (Å²) in [5.74, 6) is -1.36. The highest BCUT2D eigenvalue weighted by Gasteiger charge is 2.15. The van der Waals surface area contributed by atoms with Gasteiger partial charge >= 0.3 is 0 Å². The van der Waals surface area contributed by atoms with Crippen molar-refractivity contribution in [1.29, 1.82) is 0 Å². The minimum atomic E-state index is -0.895. The van der Waals surface area contributed by atoms with Crippen molar-refractivity contribution in [2.24, 2.45) is 0 Å². The Morgan fingerprint density at radius 3 is 2.64 bits per heavy atom. The van der Waals surface area contributed by atoms with E-state index in [1.54, 1.807) is 22.8 Å². The third-order valence-electron chi connectivity index (χ3n) is 3.18. The van der Waals surface area contributed by atoms with Crippen molar-refractivity contribution in [3.05, 3.63) is 70.0 Å². The van der Waals surface area contributed by atoms with Crippen molar-refractivity contribution in [1.82, 2.24) is 14.8 Å². The van der Waals surface area contributed by atoms with Crippen LogP contribution in [0.25, 0.3) is 11.4 Å². The van der Waals surface area contributed by atoms with Crippen LogP contribution in [0.1, 0.15) is 5.56 Å². The maximum absolute atomic E-state index is 13.8. The minimum Gasteiger partial charge on any atom is -0.309 e. The number of hydrogen-bond acceptors (Lipinski definition) is 2. The second-order valence-corrected chi connectivity index (χ2v) is 5.38. The van der Waals surface area contributed by atoms with Crippen LogP contribution in [0.15, 0.2) is 42.7 Å². The molecule has 0 bridgehead atoms. The first-order valence-electron chi connectivity index (χ1n) is 6.33. The van der Waals surface area contributed by atoms with Gasteiger partial charge in [0.2, 0.25) is 0 Å². The van der Waals surface area contributed by atoms with Gasteiger partial charge in [0.1, 0.15) is 6.33 Å². The predicted molar refractivity (Wildman–Crippen MR) is 80.9 cm³/mol. The third-order valence-corrected chi connectivity index (χ3v) is 4.00. The fourth-order valence-corrected chi connectivity index (χ4v) is 2.49. The maximum atomic E-state index is 13.8. The van der Waals surface area contributed by atoms with E-state index >= 15 is 0 Å². The number of nitrogens with zero attached hydrogens (tertiary/aromatic N) is 3. The second-order valence-electron chi connectivity index (χ2n) is 4.60. The zero-order valence-electron chi connectivity index (χ0n) is 11.1. The molecular weight excluding hydrogens is 331 g/mol. The van der Waals surface area contributed by atoms with Gasteiger partial charge in [0.05, 0.1) is 16.6 Å². The lowest BCUT2D eigenvalue weighted by molar-refractivity contribution is 0.495. The molecule has 0 radical (unpaired) electrons. The standard InChI is InChI=1S/C15H9Cl2F2N3/c16-11-5-2-4-10(13(11)17)15-21-20-8-22(15)7-9-3-1-6-12(18)14(9)19/h1-6,8H,7H2. The second kappa shape index (κ2) is 6.02. The Labute approximate surface area is 135 Å². The Morgan fingerprint density at radius 2 is 1.82 bits per heavy atom. The van der Waals surface area contributed by atoms with Crippen molar-refractivity contribution >= 4 is 23.2 Å². The number of hydrogen-bond donors (Lipinski definition) is 0. The molecule has 3 nitrogen and oxygen atoms in total. The first kappa shape index (κ1) is 14.9. The summed E-state index contributed by atoms with van der Waals surface area (Å²) in [5, 5.41) is 8.51. The highest BCUT2D eigenvalue weighted by molar-refractivity contribution is 6.43. The molecule has 0 aliphatic heterocycles. The maximum Gasteiger partial charge on any atom is 0.165 e. The normalized spacial score (nSPS) is 10.9. The number of halogens is 4. The molecule has 0 saturated carbocycles. The van der Waals surface area contributed by atoms with Gasteiger partial charge in [-0.05, 0) is 18.2 Å². The lowest BCUT2D eigenvalue weighted by atomic mass is 10.2. The zero-order chi connectivity index (χ0) is 15.7. The number of aromatic nitrogens is 3. The number of rotatable bonds is 3. The van der Waals surface area contributed by atoms with E-state index < -0.39 is 11.6 Å². The van der Waals surface area contributed by atoms with Crippen molar-refractivity contribution in [3.63, 3.8) is 0 Å². The Hall–Kier alpha value is -1.98. The van der Waals surface area contributed by atoms with E-state index in [1.165, 1.54) is 18.5 Å². The molecule has 0 saturated heterocycles. The van der Waals surface area contributed by atoms with Crippen LogP contribution in [0.2, 0.25) is 10.0 Å². The molecule has 22 heavy (non-hydrogen) atoms. The molecule has 7 heteroatoms. The first-order chi connectivity index (χ1) is 10.6. The van der Waals surface area contributed by atoms with Crippen molar-refractivity contribution in [2.75, 3.05) is 0 Å². The van der Waals surface area contributed by atoms with Gasteiger partial charge in [0, 0.05) is 11.1 Å². The largest absolute Gasteiger partial charge is 0.309 e. The fraction of sp³-hybridized carbons (Fsp3) is 0.0667. The molecule has 3 rings (SSSR count). The van der Waals surface area contributed by atoms with E-state index in [2.05, 4.69) is 10.2 Å². The molecule has 1 aromatic heterocycles. The van der Waals surface area contributed by atoms with E-state index in [0.717, 1.165) is 6.07 Å². The minimum absolute atomic E-state index is 0.0781. The van der Waals surface area contributed by atoms with Crippen LogP contribution >= 0.6 is 23.2 Å². The smallest absolute Gasteiger partial charge is 0.165 e. The Kier molecular flexibility index (Phi) is 4.09. The molecule has 0 N–H and O–H groups in total. The van der Waals surface area contributed by atoms with Crippen LogP contribution in [0.5, 0.6) is 0 Å². The highest BCUT2D eigenvalue weighted by atomic mass is 35.5. The quantitative estimate of drug-likeness (QED) is 0.699. The van der Waals surface area contributed by atoms with Crippen molar-refractivity contribution in [3.8, 4) is 11.4 Å². The molecule has 0 spiro atoms. The first-order valence-corrected chi connectivity index (χ1v) is 7.08. The van der Waals surface area contributed by atoms with E-state index in [-0.39, 0.29) is 12.1 Å². The molecule has 0 aliphatic carbocycles. The van der Waals surface area contributed by atoms with E-state index in [4.69, 9.17) is 23.2 Å². The van der Waals surface area contributed by atoms with Gasteiger partial charge in [-0.3, -0.25) is 0 Å². The lowest BCUT2D eigenvalue weighted by Gasteiger charge is -2.09. The van der Waals surface area contributed by atoms with E-state index in [0.29, 0.717) is 21.4 Å². The molecule has 0 unspecified atom stereocenters. The van der Waals surface area contributed by atoms with Crippen LogP contribution < -0.4 is 0 Å². The molecule has 1 heterocycles. The van der Waals surface area contributed by atoms with E-state index in [1.807, 2.05) is 0 Å². The van der Waals surface area contributed by atoms with Crippen LogP contribution in [0.4, 0.5) is 8.78 Å². The Balaban J connectivity index is 2.03. The SMILES string of the molecule is Fc1cccc(Cn2cnnc2-c2cccc(Cl)c2Cl)c1F. The molecular formula is C15H9Cl2F2N3. The van der Waals surface area contributed by atoms with Gasteiger partial charge in [-0.15, -0.1) is 10.2 Å². The van der Waals surface area contributed by atoms with Crippen molar-refractivity contribution < 1.29 is 8.78 Å². The van der Waals surface area contributed by atoms with Crippen LogP contribution in [0.3, 0.4) is 0 Å². The molecule has 2 aromatic carbocycles. The van der Waals surface area contributed by atoms with Gasteiger partial charge in [0.25, 0.3) is 0 Å².